The highest BCUT2D eigenvalue weighted by atomic mass is 32.2. The Labute approximate surface area is 128 Å². The molecule has 6 nitrogen and oxygen atoms in total. The van der Waals surface area contributed by atoms with Crippen LogP contribution >= 0.6 is 0 Å². The molecular weight excluding hydrogens is 316 g/mol. The molecule has 8 heteroatoms. The maximum Gasteiger partial charge on any atom is 0.264 e. The Balaban J connectivity index is 3.59. The molecule has 0 spiro atoms. The fraction of sp³-hybridized carbons (Fsp3) is 1.00. The fourth-order valence-corrected chi connectivity index (χ4v) is 3.55. The van der Waals surface area contributed by atoms with Crippen molar-refractivity contribution < 1.29 is 25.9 Å². The van der Waals surface area contributed by atoms with Gasteiger partial charge in [-0.25, -0.2) is 0 Å². The van der Waals surface area contributed by atoms with E-state index in [0.717, 1.165) is 32.1 Å². The van der Waals surface area contributed by atoms with Crippen molar-refractivity contribution in [3.05, 3.63) is 0 Å². The Hall–Kier alpha value is -0.180. The zero-order valence-electron chi connectivity index (χ0n) is 12.9. The molecule has 0 fully saturated rings. The van der Waals surface area contributed by atoms with Crippen LogP contribution in [-0.4, -0.2) is 37.4 Å². The predicted molar refractivity (Wildman–Crippen MR) is 83.5 cm³/mol. The van der Waals surface area contributed by atoms with Crippen LogP contribution in [0.15, 0.2) is 0 Å². The molecule has 0 aliphatic carbocycles. The van der Waals surface area contributed by atoms with Gasteiger partial charge in [0.05, 0.1) is 11.5 Å². The van der Waals surface area contributed by atoms with Crippen molar-refractivity contribution in [3.8, 4) is 0 Å². The number of hydrogen-bond acceptors (Lipinski definition) is 4. The van der Waals surface area contributed by atoms with E-state index in [2.05, 4.69) is 0 Å². The van der Waals surface area contributed by atoms with Crippen LogP contribution in [0.2, 0.25) is 0 Å². The quantitative estimate of drug-likeness (QED) is 0.416. The van der Waals surface area contributed by atoms with Gasteiger partial charge in [0.2, 0.25) is 0 Å². The third-order valence-electron chi connectivity index (χ3n) is 3.63. The second kappa shape index (κ2) is 9.76. The molecule has 0 saturated heterocycles. The van der Waals surface area contributed by atoms with Gasteiger partial charge < -0.3 is 0 Å². The highest BCUT2D eigenvalue weighted by Crippen LogP contribution is 2.17. The zero-order chi connectivity index (χ0) is 16.5. The fourth-order valence-electron chi connectivity index (χ4n) is 2.15. The Morgan fingerprint density at radius 1 is 0.667 bits per heavy atom. The molecule has 0 aromatic rings. The molecule has 0 heterocycles. The lowest BCUT2D eigenvalue weighted by atomic mass is 9.97. The standard InChI is InChI=1S/C13H28O6S2/c1-12(8-10-20(14,15)16)6-4-3-5-7-13(2)9-11-21(17,18)19/h12-13H,3-11H2,1-2H3,(H,14,15,16)(H,17,18,19). The third-order valence-corrected chi connectivity index (χ3v) is 5.13. The van der Waals surface area contributed by atoms with E-state index in [-0.39, 0.29) is 23.3 Å². The minimum atomic E-state index is -3.85. The van der Waals surface area contributed by atoms with Gasteiger partial charge in [-0.15, -0.1) is 0 Å². The van der Waals surface area contributed by atoms with Gasteiger partial charge in [0.15, 0.2) is 0 Å². The predicted octanol–water partition coefficient (Wildman–Crippen LogP) is 2.76. The molecular formula is C13H28O6S2. The molecule has 0 aromatic carbocycles. The van der Waals surface area contributed by atoms with E-state index >= 15 is 0 Å². The average Bonchev–Trinajstić information content (AvgIpc) is 2.32. The summed E-state index contributed by atoms with van der Waals surface area (Å²) < 4.78 is 59.8. The summed E-state index contributed by atoms with van der Waals surface area (Å²) in [5.74, 6) is 0.176. The van der Waals surface area contributed by atoms with Crippen LogP contribution in [-0.2, 0) is 20.2 Å². The van der Waals surface area contributed by atoms with E-state index in [4.69, 9.17) is 9.11 Å². The summed E-state index contributed by atoms with van der Waals surface area (Å²) in [4.78, 5) is 0. The minimum Gasteiger partial charge on any atom is -0.286 e. The molecule has 0 radical (unpaired) electrons. The molecule has 21 heavy (non-hydrogen) atoms. The van der Waals surface area contributed by atoms with Crippen LogP contribution in [0.5, 0.6) is 0 Å². The largest absolute Gasteiger partial charge is 0.286 e. The minimum absolute atomic E-state index is 0.180. The van der Waals surface area contributed by atoms with Gasteiger partial charge in [-0.1, -0.05) is 46.0 Å². The Bertz CT molecular complexity index is 425. The lowest BCUT2D eigenvalue weighted by molar-refractivity contribution is 0.429. The van der Waals surface area contributed by atoms with Gasteiger partial charge in [-0.3, -0.25) is 9.11 Å². The van der Waals surface area contributed by atoms with E-state index < -0.39 is 20.2 Å². The second-order valence-corrected chi connectivity index (χ2v) is 9.14. The van der Waals surface area contributed by atoms with Crippen LogP contribution in [0.25, 0.3) is 0 Å². The van der Waals surface area contributed by atoms with Crippen LogP contribution < -0.4 is 0 Å². The van der Waals surface area contributed by atoms with Crippen molar-refractivity contribution in [1.29, 1.82) is 0 Å². The first-order valence-electron chi connectivity index (χ1n) is 7.40. The van der Waals surface area contributed by atoms with Crippen molar-refractivity contribution >= 4 is 20.2 Å². The molecule has 0 aliphatic heterocycles. The summed E-state index contributed by atoms with van der Waals surface area (Å²) in [5.41, 5.74) is 0. The normalized spacial score (nSPS) is 15.8. The molecule has 0 aromatic heterocycles. The first-order chi connectivity index (χ1) is 9.49. The van der Waals surface area contributed by atoms with Gasteiger partial charge in [-0.05, 0) is 24.7 Å². The van der Waals surface area contributed by atoms with Crippen molar-refractivity contribution in [3.63, 3.8) is 0 Å². The van der Waals surface area contributed by atoms with Crippen molar-refractivity contribution in [2.24, 2.45) is 11.8 Å². The Morgan fingerprint density at radius 2 is 1.00 bits per heavy atom. The second-order valence-electron chi connectivity index (χ2n) is 6.00. The molecule has 128 valence electrons. The summed E-state index contributed by atoms with van der Waals surface area (Å²) in [5, 5.41) is 0. The SMILES string of the molecule is CC(CCCCCC(C)CCS(=O)(=O)O)CCS(=O)(=O)O. The third kappa shape index (κ3) is 16.0. The van der Waals surface area contributed by atoms with E-state index in [1.54, 1.807) is 0 Å². The van der Waals surface area contributed by atoms with Crippen LogP contribution in [0.1, 0.15) is 58.8 Å². The molecule has 2 unspecified atom stereocenters. The van der Waals surface area contributed by atoms with Crippen LogP contribution in [0.3, 0.4) is 0 Å². The van der Waals surface area contributed by atoms with Gasteiger partial charge in [0.1, 0.15) is 0 Å². The van der Waals surface area contributed by atoms with Crippen molar-refractivity contribution in [2.75, 3.05) is 11.5 Å². The first-order valence-corrected chi connectivity index (χ1v) is 10.6. The first kappa shape index (κ1) is 20.8. The van der Waals surface area contributed by atoms with Gasteiger partial charge >= 0.3 is 0 Å². The molecule has 0 amide bonds. The number of hydrogen-bond donors (Lipinski definition) is 2. The summed E-state index contributed by atoms with van der Waals surface area (Å²) in [7, 11) is -7.71. The van der Waals surface area contributed by atoms with E-state index in [1.165, 1.54) is 0 Å². The number of rotatable bonds is 12. The van der Waals surface area contributed by atoms with E-state index in [0.29, 0.717) is 12.8 Å². The van der Waals surface area contributed by atoms with E-state index in [9.17, 15) is 16.8 Å². The Morgan fingerprint density at radius 3 is 1.29 bits per heavy atom. The van der Waals surface area contributed by atoms with Gasteiger partial charge in [-0.2, -0.15) is 16.8 Å². The van der Waals surface area contributed by atoms with Gasteiger partial charge in [0.25, 0.3) is 20.2 Å². The van der Waals surface area contributed by atoms with E-state index in [1.807, 2.05) is 13.8 Å². The average molecular weight is 344 g/mol. The lowest BCUT2D eigenvalue weighted by Crippen LogP contribution is -2.09. The van der Waals surface area contributed by atoms with Crippen molar-refractivity contribution in [1.82, 2.24) is 0 Å². The summed E-state index contributed by atoms with van der Waals surface area (Å²) in [6, 6.07) is 0. The Kier molecular flexibility index (Phi) is 9.68. The van der Waals surface area contributed by atoms with Crippen molar-refractivity contribution in [2.45, 2.75) is 58.8 Å². The number of unbranched alkanes of at least 4 members (excludes halogenated alkanes) is 2. The molecule has 2 N–H and O–H groups in total. The van der Waals surface area contributed by atoms with Crippen LogP contribution in [0, 0.1) is 11.8 Å². The van der Waals surface area contributed by atoms with Gasteiger partial charge in [0, 0.05) is 0 Å². The summed E-state index contributed by atoms with van der Waals surface area (Å²) in [6.45, 7) is 3.94. The summed E-state index contributed by atoms with van der Waals surface area (Å²) in [6.07, 6.45) is 5.82. The topological polar surface area (TPSA) is 109 Å². The lowest BCUT2D eigenvalue weighted by Gasteiger charge is -2.12. The highest BCUT2D eigenvalue weighted by Gasteiger charge is 2.10. The molecule has 0 aliphatic rings. The monoisotopic (exact) mass is 344 g/mol. The molecule has 2 atom stereocenters. The zero-order valence-corrected chi connectivity index (χ0v) is 14.5. The van der Waals surface area contributed by atoms with Crippen LogP contribution in [0.4, 0.5) is 0 Å². The summed E-state index contributed by atoms with van der Waals surface area (Å²) >= 11 is 0. The maximum atomic E-state index is 10.6. The molecule has 0 bridgehead atoms. The smallest absolute Gasteiger partial charge is 0.264 e. The maximum absolute atomic E-state index is 10.6. The molecule has 0 saturated carbocycles. The highest BCUT2D eigenvalue weighted by molar-refractivity contribution is 7.86. The molecule has 0 rings (SSSR count).